The fraction of sp³-hybridized carbons (Fsp3) is 0.579. The summed E-state index contributed by atoms with van der Waals surface area (Å²) < 4.78 is 0. The zero-order chi connectivity index (χ0) is 14.8. The molecule has 0 heterocycles. The Hall–Kier alpha value is -1.44. The molecule has 0 aromatic heterocycles. The molecule has 0 aliphatic heterocycles. The predicted molar refractivity (Wildman–Crippen MR) is 81.5 cm³/mol. The molecule has 0 amide bonds. The van der Waals surface area contributed by atoms with Crippen molar-refractivity contribution in [2.45, 2.75) is 39.5 Å². The van der Waals surface area contributed by atoms with Crippen molar-refractivity contribution in [1.82, 2.24) is 0 Å². The zero-order valence-corrected chi connectivity index (χ0v) is 12.8. The Labute approximate surface area is 126 Å². The Morgan fingerprint density at radius 3 is 2.71 bits per heavy atom. The molecule has 4 rings (SSSR count). The van der Waals surface area contributed by atoms with Crippen molar-refractivity contribution in [1.29, 1.82) is 0 Å². The summed E-state index contributed by atoms with van der Waals surface area (Å²) in [7, 11) is 0. The van der Waals surface area contributed by atoms with Crippen LogP contribution in [0.4, 0.5) is 0 Å². The summed E-state index contributed by atoms with van der Waals surface area (Å²) in [5.41, 5.74) is 1.03. The fourth-order valence-corrected chi connectivity index (χ4v) is 5.42. The molecule has 0 aromatic carbocycles. The summed E-state index contributed by atoms with van der Waals surface area (Å²) >= 11 is 0. The van der Waals surface area contributed by atoms with Gasteiger partial charge >= 0.3 is 0 Å². The van der Waals surface area contributed by atoms with Gasteiger partial charge in [-0.05, 0) is 54.7 Å². The van der Waals surface area contributed by atoms with Crippen molar-refractivity contribution in [2.75, 3.05) is 0 Å². The topological polar surface area (TPSA) is 34.1 Å². The summed E-state index contributed by atoms with van der Waals surface area (Å²) in [6.45, 7) is 4.45. The summed E-state index contributed by atoms with van der Waals surface area (Å²) in [5.74, 6) is 2.07. The van der Waals surface area contributed by atoms with E-state index in [1.807, 2.05) is 0 Å². The van der Waals surface area contributed by atoms with Gasteiger partial charge in [0, 0.05) is 17.3 Å². The third kappa shape index (κ3) is 1.59. The zero-order valence-electron chi connectivity index (χ0n) is 12.8. The Bertz CT molecular complexity index is 623. The van der Waals surface area contributed by atoms with Crippen LogP contribution in [0.2, 0.25) is 0 Å². The molecular weight excluding hydrogens is 260 g/mol. The number of rotatable bonds is 0. The highest BCUT2D eigenvalue weighted by Gasteiger charge is 2.57. The highest BCUT2D eigenvalue weighted by Crippen LogP contribution is 2.61. The SMILES string of the molecule is C[C@]12C=CC(=O)C=C1C=C[C@@H]1[C@H]2CC[C@]2(C)C(=O)CC[C@H]12. The van der Waals surface area contributed by atoms with Gasteiger partial charge in [0.1, 0.15) is 5.78 Å². The lowest BCUT2D eigenvalue weighted by atomic mass is 9.50. The van der Waals surface area contributed by atoms with E-state index in [0.29, 0.717) is 23.5 Å². The van der Waals surface area contributed by atoms with Crippen LogP contribution in [0.25, 0.3) is 0 Å². The standard InChI is InChI=1S/C19H22O2/c1-18-9-7-13(20)11-12(18)3-4-14-15-5-6-17(21)19(15,2)10-8-16(14)18/h3-4,7,9,11,14-16H,5-6,8,10H2,1-2H3/t14-,15+,16+,18-,19-/m0/s1. The molecule has 21 heavy (non-hydrogen) atoms. The molecule has 2 heteroatoms. The van der Waals surface area contributed by atoms with Crippen LogP contribution in [0.15, 0.2) is 36.0 Å². The Kier molecular flexibility index (Phi) is 2.56. The van der Waals surface area contributed by atoms with E-state index in [-0.39, 0.29) is 16.6 Å². The molecule has 2 saturated carbocycles. The summed E-state index contributed by atoms with van der Waals surface area (Å²) in [5, 5.41) is 0. The third-order valence-corrected chi connectivity index (χ3v) is 6.82. The normalized spacial score (nSPS) is 47.7. The molecule has 0 saturated heterocycles. The fourth-order valence-electron chi connectivity index (χ4n) is 5.42. The molecule has 0 aromatic rings. The van der Waals surface area contributed by atoms with Crippen LogP contribution in [0, 0.1) is 28.6 Å². The van der Waals surface area contributed by atoms with Crippen molar-refractivity contribution in [3.05, 3.63) is 36.0 Å². The lowest BCUT2D eigenvalue weighted by Gasteiger charge is -2.53. The molecule has 110 valence electrons. The molecule has 0 radical (unpaired) electrons. The van der Waals surface area contributed by atoms with Gasteiger partial charge in [0.25, 0.3) is 0 Å². The Morgan fingerprint density at radius 1 is 1.10 bits per heavy atom. The average molecular weight is 282 g/mol. The largest absolute Gasteiger partial charge is 0.299 e. The molecule has 4 aliphatic carbocycles. The first-order valence-corrected chi connectivity index (χ1v) is 8.12. The first-order valence-electron chi connectivity index (χ1n) is 8.12. The number of hydrogen-bond donors (Lipinski definition) is 0. The second-order valence-corrected chi connectivity index (χ2v) is 7.69. The van der Waals surface area contributed by atoms with E-state index in [4.69, 9.17) is 0 Å². The van der Waals surface area contributed by atoms with Gasteiger partial charge in [-0.15, -0.1) is 0 Å². The lowest BCUT2D eigenvalue weighted by Crippen LogP contribution is -2.48. The van der Waals surface area contributed by atoms with Crippen LogP contribution >= 0.6 is 0 Å². The van der Waals surface area contributed by atoms with Crippen LogP contribution in [0.3, 0.4) is 0 Å². The first kappa shape index (κ1) is 13.2. The van der Waals surface area contributed by atoms with Crippen LogP contribution in [0.1, 0.15) is 39.5 Å². The molecule has 0 unspecified atom stereocenters. The lowest BCUT2D eigenvalue weighted by molar-refractivity contribution is -0.130. The van der Waals surface area contributed by atoms with Crippen molar-refractivity contribution < 1.29 is 9.59 Å². The summed E-state index contributed by atoms with van der Waals surface area (Å²) in [4.78, 5) is 24.0. The minimum Gasteiger partial charge on any atom is -0.299 e. The molecule has 2 nitrogen and oxygen atoms in total. The second-order valence-electron chi connectivity index (χ2n) is 7.69. The molecule has 4 aliphatic rings. The molecule has 0 N–H and O–H groups in total. The van der Waals surface area contributed by atoms with Crippen molar-refractivity contribution >= 4 is 11.6 Å². The minimum atomic E-state index is -0.0999. The van der Waals surface area contributed by atoms with Crippen molar-refractivity contribution in [2.24, 2.45) is 28.6 Å². The quantitative estimate of drug-likeness (QED) is 0.680. The van der Waals surface area contributed by atoms with E-state index in [0.717, 1.165) is 31.3 Å². The van der Waals surface area contributed by atoms with Gasteiger partial charge in [-0.25, -0.2) is 0 Å². The van der Waals surface area contributed by atoms with Crippen molar-refractivity contribution in [3.63, 3.8) is 0 Å². The summed E-state index contributed by atoms with van der Waals surface area (Å²) in [6.07, 6.45) is 14.0. The van der Waals surface area contributed by atoms with Crippen molar-refractivity contribution in [3.8, 4) is 0 Å². The number of carbonyl (C=O) groups is 2. The molecule has 0 bridgehead atoms. The van der Waals surface area contributed by atoms with E-state index in [1.165, 1.54) is 0 Å². The van der Waals surface area contributed by atoms with E-state index >= 15 is 0 Å². The summed E-state index contributed by atoms with van der Waals surface area (Å²) in [6, 6.07) is 0. The van der Waals surface area contributed by atoms with Gasteiger partial charge < -0.3 is 0 Å². The minimum absolute atomic E-state index is 0.0275. The maximum Gasteiger partial charge on any atom is 0.178 e. The van der Waals surface area contributed by atoms with Gasteiger partial charge in [-0.3, -0.25) is 9.59 Å². The molecule has 2 fully saturated rings. The third-order valence-electron chi connectivity index (χ3n) is 6.82. The number of Topliss-reactive ketones (excluding diaryl/α,β-unsaturated/α-hetero) is 1. The van der Waals surface area contributed by atoms with E-state index in [1.54, 1.807) is 12.2 Å². The number of ketones is 2. The van der Waals surface area contributed by atoms with Gasteiger partial charge in [0.2, 0.25) is 0 Å². The predicted octanol–water partition coefficient (Wildman–Crippen LogP) is 3.64. The molecule has 0 spiro atoms. The van der Waals surface area contributed by atoms with Crippen LogP contribution < -0.4 is 0 Å². The highest BCUT2D eigenvalue weighted by atomic mass is 16.1. The number of allylic oxidation sites excluding steroid dienone is 6. The number of hydrogen-bond acceptors (Lipinski definition) is 2. The van der Waals surface area contributed by atoms with E-state index in [9.17, 15) is 9.59 Å². The maximum absolute atomic E-state index is 12.3. The molecule has 5 atom stereocenters. The first-order chi connectivity index (χ1) is 9.95. The maximum atomic E-state index is 12.3. The van der Waals surface area contributed by atoms with Crippen LogP contribution in [-0.2, 0) is 9.59 Å². The average Bonchev–Trinajstić information content (AvgIpc) is 2.76. The number of fused-ring (bicyclic) bond motifs is 5. The van der Waals surface area contributed by atoms with Gasteiger partial charge in [0.15, 0.2) is 5.78 Å². The second kappa shape index (κ2) is 4.06. The monoisotopic (exact) mass is 282 g/mol. The highest BCUT2D eigenvalue weighted by molar-refractivity contribution is 6.01. The van der Waals surface area contributed by atoms with Gasteiger partial charge in [0.05, 0.1) is 0 Å². The Morgan fingerprint density at radius 2 is 1.90 bits per heavy atom. The smallest absolute Gasteiger partial charge is 0.178 e. The van der Waals surface area contributed by atoms with E-state index in [2.05, 4.69) is 32.1 Å². The number of carbonyl (C=O) groups excluding carboxylic acids is 2. The Balaban J connectivity index is 1.78. The van der Waals surface area contributed by atoms with E-state index < -0.39 is 0 Å². The van der Waals surface area contributed by atoms with Gasteiger partial charge in [-0.2, -0.15) is 0 Å². The van der Waals surface area contributed by atoms with Crippen LogP contribution in [0.5, 0.6) is 0 Å². The molecular formula is C19H22O2. The van der Waals surface area contributed by atoms with Crippen LogP contribution in [-0.4, -0.2) is 11.6 Å². The van der Waals surface area contributed by atoms with Gasteiger partial charge in [-0.1, -0.05) is 32.1 Å².